The highest BCUT2D eigenvalue weighted by Gasteiger charge is 2.29. The van der Waals surface area contributed by atoms with E-state index in [2.05, 4.69) is 26.1 Å². The smallest absolute Gasteiger partial charge is 0.267 e. The normalized spacial score (nSPS) is 23.5. The fourth-order valence-corrected chi connectivity index (χ4v) is 4.25. The molecule has 2 rings (SSSR count). The molecule has 0 aliphatic carbocycles. The highest BCUT2D eigenvalue weighted by atomic mass is 79.9. The molecule has 1 N–H and O–H groups in total. The van der Waals surface area contributed by atoms with E-state index in [4.69, 9.17) is 0 Å². The summed E-state index contributed by atoms with van der Waals surface area (Å²) in [6.07, 6.45) is 2.74. The van der Waals surface area contributed by atoms with Crippen molar-refractivity contribution in [3.8, 4) is 0 Å². The molecule has 1 fully saturated rings. The van der Waals surface area contributed by atoms with Gasteiger partial charge in [-0.15, -0.1) is 0 Å². The molecule has 1 atom stereocenters. The summed E-state index contributed by atoms with van der Waals surface area (Å²) >= 11 is 3.11. The molecule has 1 aliphatic rings. The van der Waals surface area contributed by atoms with E-state index >= 15 is 0 Å². The Kier molecular flexibility index (Phi) is 3.67. The molecule has 0 saturated carbocycles. The molecule has 7 heteroatoms. The maximum absolute atomic E-state index is 11.8. The molecule has 1 aliphatic heterocycles. The van der Waals surface area contributed by atoms with Gasteiger partial charge < -0.3 is 0 Å². The summed E-state index contributed by atoms with van der Waals surface area (Å²) in [5, 5.41) is 5.84. The predicted octanol–water partition coefficient (Wildman–Crippen LogP) is 1.04. The molecule has 94 valence electrons. The SMILES string of the molecule is O=c1[nH]nc(CC2CCCCS2(=O)=O)cc1Br. The Hall–Kier alpha value is -0.690. The first-order chi connectivity index (χ1) is 7.99. The highest BCUT2D eigenvalue weighted by Crippen LogP contribution is 2.22. The van der Waals surface area contributed by atoms with Crippen molar-refractivity contribution in [3.63, 3.8) is 0 Å². The molecule has 0 bridgehead atoms. The number of hydrogen-bond acceptors (Lipinski definition) is 4. The van der Waals surface area contributed by atoms with E-state index in [0.717, 1.165) is 12.8 Å². The van der Waals surface area contributed by atoms with Crippen LogP contribution in [0.1, 0.15) is 25.0 Å². The standard InChI is InChI=1S/C10H13BrN2O3S/c11-9-6-7(12-13-10(9)14)5-8-3-1-2-4-17(8,15)16/h6,8H,1-5H2,(H,13,14). The van der Waals surface area contributed by atoms with E-state index in [1.807, 2.05) is 0 Å². The van der Waals surface area contributed by atoms with Crippen molar-refractivity contribution in [2.45, 2.75) is 30.9 Å². The van der Waals surface area contributed by atoms with Crippen LogP contribution < -0.4 is 5.56 Å². The summed E-state index contributed by atoms with van der Waals surface area (Å²) < 4.78 is 24.0. The van der Waals surface area contributed by atoms with Crippen molar-refractivity contribution in [3.05, 3.63) is 26.6 Å². The van der Waals surface area contributed by atoms with Crippen molar-refractivity contribution in [1.29, 1.82) is 0 Å². The topological polar surface area (TPSA) is 79.9 Å². The molecule has 0 spiro atoms. The van der Waals surface area contributed by atoms with Crippen molar-refractivity contribution < 1.29 is 8.42 Å². The van der Waals surface area contributed by atoms with Gasteiger partial charge in [0.2, 0.25) is 0 Å². The summed E-state index contributed by atoms with van der Waals surface area (Å²) in [4.78, 5) is 11.1. The van der Waals surface area contributed by atoms with Gasteiger partial charge in [0.15, 0.2) is 9.84 Å². The van der Waals surface area contributed by atoms with Crippen LogP contribution in [0.15, 0.2) is 15.3 Å². The zero-order valence-corrected chi connectivity index (χ0v) is 11.6. The molecule has 1 aromatic heterocycles. The van der Waals surface area contributed by atoms with Crippen LogP contribution in [0.5, 0.6) is 0 Å². The largest absolute Gasteiger partial charge is 0.278 e. The molecular formula is C10H13BrN2O3S. The molecule has 0 amide bonds. The summed E-state index contributed by atoms with van der Waals surface area (Å²) in [5.41, 5.74) is 0.298. The maximum Gasteiger partial charge on any atom is 0.278 e. The van der Waals surface area contributed by atoms with Crippen molar-refractivity contribution in [1.82, 2.24) is 10.2 Å². The molecule has 17 heavy (non-hydrogen) atoms. The van der Waals surface area contributed by atoms with Gasteiger partial charge in [-0.25, -0.2) is 13.5 Å². The molecule has 5 nitrogen and oxygen atoms in total. The zero-order chi connectivity index (χ0) is 12.5. The number of sulfone groups is 1. The van der Waals surface area contributed by atoms with Crippen molar-refractivity contribution >= 4 is 25.8 Å². The lowest BCUT2D eigenvalue weighted by atomic mass is 10.1. The second-order valence-corrected chi connectivity index (χ2v) is 7.48. The molecule has 1 unspecified atom stereocenters. The average Bonchev–Trinajstić information content (AvgIpc) is 2.26. The Morgan fingerprint density at radius 3 is 2.88 bits per heavy atom. The van der Waals surface area contributed by atoms with Crippen molar-refractivity contribution in [2.75, 3.05) is 5.75 Å². The van der Waals surface area contributed by atoms with Gasteiger partial charge in [-0.05, 0) is 34.8 Å². The Balaban J connectivity index is 2.20. The number of aromatic amines is 1. The minimum atomic E-state index is -2.99. The van der Waals surface area contributed by atoms with Gasteiger partial charge in [0.05, 0.1) is 21.2 Å². The van der Waals surface area contributed by atoms with Crippen LogP contribution in [-0.4, -0.2) is 29.6 Å². The quantitative estimate of drug-likeness (QED) is 0.883. The fourth-order valence-electron chi connectivity index (χ4n) is 2.01. The van der Waals surface area contributed by atoms with Gasteiger partial charge in [0.25, 0.3) is 5.56 Å². The number of nitrogens with zero attached hydrogens (tertiary/aromatic N) is 1. The number of aromatic nitrogens is 2. The number of rotatable bonds is 2. The van der Waals surface area contributed by atoms with Gasteiger partial charge in [0.1, 0.15) is 0 Å². The third kappa shape index (κ3) is 2.95. The summed E-state index contributed by atoms with van der Waals surface area (Å²) in [6.45, 7) is 0. The van der Waals surface area contributed by atoms with Crippen molar-refractivity contribution in [2.24, 2.45) is 0 Å². The van der Waals surface area contributed by atoms with E-state index in [-0.39, 0.29) is 16.6 Å². The average molecular weight is 321 g/mol. The fraction of sp³-hybridized carbons (Fsp3) is 0.600. The summed E-state index contributed by atoms with van der Waals surface area (Å²) in [5.74, 6) is 0.266. The first-order valence-electron chi connectivity index (χ1n) is 5.45. The Morgan fingerprint density at radius 1 is 1.47 bits per heavy atom. The van der Waals surface area contributed by atoms with E-state index in [1.54, 1.807) is 6.07 Å². The van der Waals surface area contributed by atoms with E-state index in [1.165, 1.54) is 0 Å². The predicted molar refractivity (Wildman–Crippen MR) is 67.7 cm³/mol. The molecule has 1 saturated heterocycles. The monoisotopic (exact) mass is 320 g/mol. The van der Waals surface area contributed by atoms with Crippen LogP contribution in [0.25, 0.3) is 0 Å². The number of halogens is 1. The van der Waals surface area contributed by atoms with Gasteiger partial charge in [-0.1, -0.05) is 6.42 Å². The lowest BCUT2D eigenvalue weighted by Gasteiger charge is -2.21. The van der Waals surface area contributed by atoms with Crippen LogP contribution in [0.4, 0.5) is 0 Å². The maximum atomic E-state index is 11.8. The van der Waals surface area contributed by atoms with E-state index < -0.39 is 9.84 Å². The molecule has 1 aromatic rings. The first-order valence-corrected chi connectivity index (χ1v) is 7.95. The number of H-pyrrole nitrogens is 1. The molecule has 2 heterocycles. The summed E-state index contributed by atoms with van der Waals surface area (Å²) in [7, 11) is -2.99. The van der Waals surface area contributed by atoms with Gasteiger partial charge in [0, 0.05) is 6.42 Å². The van der Waals surface area contributed by atoms with Crippen LogP contribution in [0.2, 0.25) is 0 Å². The number of nitrogens with one attached hydrogen (secondary N) is 1. The molecule has 0 aromatic carbocycles. The van der Waals surface area contributed by atoms with E-state index in [9.17, 15) is 13.2 Å². The Morgan fingerprint density at radius 2 is 2.24 bits per heavy atom. The lowest BCUT2D eigenvalue weighted by Crippen LogP contribution is -2.31. The van der Waals surface area contributed by atoms with Crippen LogP contribution in [0.3, 0.4) is 0 Å². The van der Waals surface area contributed by atoms with Crippen LogP contribution in [-0.2, 0) is 16.3 Å². The van der Waals surface area contributed by atoms with Gasteiger partial charge in [-0.3, -0.25) is 4.79 Å². The highest BCUT2D eigenvalue weighted by molar-refractivity contribution is 9.10. The second kappa shape index (κ2) is 4.89. The summed E-state index contributed by atoms with van der Waals surface area (Å²) in [6, 6.07) is 1.59. The number of hydrogen-bond donors (Lipinski definition) is 1. The third-order valence-corrected chi connectivity index (χ3v) is 5.83. The van der Waals surface area contributed by atoms with Gasteiger partial charge in [-0.2, -0.15) is 5.10 Å². The molecular weight excluding hydrogens is 308 g/mol. The lowest BCUT2D eigenvalue weighted by molar-refractivity contribution is 0.535. The zero-order valence-electron chi connectivity index (χ0n) is 9.15. The minimum Gasteiger partial charge on any atom is -0.267 e. The van der Waals surface area contributed by atoms with Gasteiger partial charge >= 0.3 is 0 Å². The first kappa shape index (κ1) is 12.8. The van der Waals surface area contributed by atoms with Crippen LogP contribution >= 0.6 is 15.9 Å². The Labute approximate surface area is 108 Å². The van der Waals surface area contributed by atoms with E-state index in [0.29, 0.717) is 23.0 Å². The third-order valence-electron chi connectivity index (χ3n) is 2.96. The second-order valence-electron chi connectivity index (χ2n) is 4.23. The molecule has 0 radical (unpaired) electrons. The Bertz CT molecular complexity index is 567. The minimum absolute atomic E-state index is 0.266. The van der Waals surface area contributed by atoms with Crippen LogP contribution in [0, 0.1) is 0 Å².